The fourth-order valence-electron chi connectivity index (χ4n) is 1.58. The topological polar surface area (TPSA) is 50.7 Å². The Balaban J connectivity index is 3.01. The van der Waals surface area contributed by atoms with E-state index in [1.54, 1.807) is 13.2 Å². The molecular formula is C14H22ClNO3. The van der Waals surface area contributed by atoms with Gasteiger partial charge in [-0.15, -0.1) is 0 Å². The minimum absolute atomic E-state index is 0.0101. The maximum Gasteiger partial charge on any atom is 0.165 e. The molecule has 0 aliphatic heterocycles. The van der Waals surface area contributed by atoms with Crippen LogP contribution in [-0.2, 0) is 6.54 Å². The van der Waals surface area contributed by atoms with Crippen molar-refractivity contribution in [2.24, 2.45) is 0 Å². The molecule has 1 rings (SSSR count). The summed E-state index contributed by atoms with van der Waals surface area (Å²) >= 11 is 6.07. The second kappa shape index (κ2) is 6.98. The van der Waals surface area contributed by atoms with Gasteiger partial charge < -0.3 is 19.9 Å². The van der Waals surface area contributed by atoms with Crippen molar-refractivity contribution in [2.45, 2.75) is 32.9 Å². The Morgan fingerprint density at radius 3 is 2.53 bits per heavy atom. The molecule has 0 heterocycles. The van der Waals surface area contributed by atoms with Crippen molar-refractivity contribution >= 4 is 11.6 Å². The van der Waals surface area contributed by atoms with E-state index in [0.29, 0.717) is 23.1 Å². The van der Waals surface area contributed by atoms with Crippen molar-refractivity contribution in [3.05, 3.63) is 22.7 Å². The van der Waals surface area contributed by atoms with Gasteiger partial charge in [0.15, 0.2) is 11.5 Å². The summed E-state index contributed by atoms with van der Waals surface area (Å²) in [7, 11) is 1.57. The van der Waals surface area contributed by atoms with Gasteiger partial charge in [0.05, 0.1) is 13.7 Å². The van der Waals surface area contributed by atoms with Gasteiger partial charge in [-0.25, -0.2) is 0 Å². The Hall–Kier alpha value is -0.970. The van der Waals surface area contributed by atoms with Crippen LogP contribution in [0.1, 0.15) is 26.3 Å². The normalized spacial score (nSPS) is 11.5. The number of aliphatic hydroxyl groups is 1. The predicted octanol–water partition coefficient (Wildman–Crippen LogP) is 2.61. The molecule has 0 atom stereocenters. The first kappa shape index (κ1) is 16.1. The molecule has 4 nitrogen and oxygen atoms in total. The number of methoxy groups -OCH3 is 1. The molecule has 0 fully saturated rings. The van der Waals surface area contributed by atoms with E-state index in [2.05, 4.69) is 26.1 Å². The molecule has 0 radical (unpaired) electrons. The summed E-state index contributed by atoms with van der Waals surface area (Å²) in [5.41, 5.74) is 0.900. The van der Waals surface area contributed by atoms with E-state index in [4.69, 9.17) is 26.2 Å². The molecule has 108 valence electrons. The molecule has 0 saturated heterocycles. The van der Waals surface area contributed by atoms with Crippen molar-refractivity contribution < 1.29 is 14.6 Å². The van der Waals surface area contributed by atoms with E-state index < -0.39 is 0 Å². The molecule has 0 amide bonds. The second-order valence-electron chi connectivity index (χ2n) is 5.27. The minimum Gasteiger partial charge on any atom is -0.493 e. The van der Waals surface area contributed by atoms with Gasteiger partial charge in [0.1, 0.15) is 6.61 Å². The molecule has 0 spiro atoms. The minimum atomic E-state index is -0.0437. The smallest absolute Gasteiger partial charge is 0.165 e. The van der Waals surface area contributed by atoms with Crippen LogP contribution in [0.15, 0.2) is 12.1 Å². The van der Waals surface area contributed by atoms with Gasteiger partial charge in [-0.1, -0.05) is 11.6 Å². The summed E-state index contributed by atoms with van der Waals surface area (Å²) in [6.45, 7) is 7.05. The molecule has 0 saturated carbocycles. The Bertz CT molecular complexity index is 416. The molecule has 0 unspecified atom stereocenters. The van der Waals surface area contributed by atoms with Gasteiger partial charge in [-0.2, -0.15) is 0 Å². The van der Waals surface area contributed by atoms with Gasteiger partial charge in [-0.3, -0.25) is 0 Å². The highest BCUT2D eigenvalue weighted by atomic mass is 35.5. The first-order valence-corrected chi connectivity index (χ1v) is 6.60. The lowest BCUT2D eigenvalue weighted by molar-refractivity contribution is 0.195. The van der Waals surface area contributed by atoms with E-state index >= 15 is 0 Å². The maximum absolute atomic E-state index is 8.89. The highest BCUT2D eigenvalue weighted by Crippen LogP contribution is 2.34. The van der Waals surface area contributed by atoms with Crippen LogP contribution >= 0.6 is 11.6 Å². The quantitative estimate of drug-likeness (QED) is 0.844. The molecule has 1 aromatic carbocycles. The number of nitrogens with one attached hydrogen (secondary N) is 1. The van der Waals surface area contributed by atoms with Gasteiger partial charge in [0, 0.05) is 28.7 Å². The van der Waals surface area contributed by atoms with Crippen molar-refractivity contribution in [1.29, 1.82) is 0 Å². The average Bonchev–Trinajstić information content (AvgIpc) is 2.33. The van der Waals surface area contributed by atoms with E-state index in [9.17, 15) is 0 Å². The Morgan fingerprint density at radius 1 is 1.32 bits per heavy atom. The first-order valence-electron chi connectivity index (χ1n) is 6.22. The summed E-state index contributed by atoms with van der Waals surface area (Å²) in [4.78, 5) is 0. The summed E-state index contributed by atoms with van der Waals surface area (Å²) in [6, 6.07) is 3.55. The maximum atomic E-state index is 8.89. The molecule has 0 aliphatic carbocycles. The fourth-order valence-corrected chi connectivity index (χ4v) is 1.81. The van der Waals surface area contributed by atoms with Gasteiger partial charge >= 0.3 is 0 Å². The molecule has 0 bridgehead atoms. The zero-order valence-electron chi connectivity index (χ0n) is 11.9. The summed E-state index contributed by atoms with van der Waals surface area (Å²) in [5.74, 6) is 1.20. The average molecular weight is 288 g/mol. The van der Waals surface area contributed by atoms with Crippen LogP contribution in [0.2, 0.25) is 5.02 Å². The molecular weight excluding hydrogens is 266 g/mol. The van der Waals surface area contributed by atoms with Crippen LogP contribution in [0.5, 0.6) is 11.5 Å². The molecule has 1 aromatic rings. The third kappa shape index (κ3) is 5.27. The number of hydrogen-bond acceptors (Lipinski definition) is 4. The largest absolute Gasteiger partial charge is 0.493 e. The lowest BCUT2D eigenvalue weighted by Gasteiger charge is -2.22. The van der Waals surface area contributed by atoms with Crippen LogP contribution < -0.4 is 14.8 Å². The Morgan fingerprint density at radius 2 is 2.00 bits per heavy atom. The Kier molecular flexibility index (Phi) is 5.91. The van der Waals surface area contributed by atoms with Crippen molar-refractivity contribution in [2.75, 3.05) is 20.3 Å². The van der Waals surface area contributed by atoms with Gasteiger partial charge in [0.2, 0.25) is 0 Å². The van der Waals surface area contributed by atoms with Crippen molar-refractivity contribution in [3.8, 4) is 11.5 Å². The van der Waals surface area contributed by atoms with E-state index in [1.165, 1.54) is 0 Å². The number of hydrogen-bond donors (Lipinski definition) is 2. The van der Waals surface area contributed by atoms with Crippen molar-refractivity contribution in [1.82, 2.24) is 5.32 Å². The van der Waals surface area contributed by atoms with Gasteiger partial charge in [0.25, 0.3) is 0 Å². The molecule has 19 heavy (non-hydrogen) atoms. The van der Waals surface area contributed by atoms with Crippen LogP contribution in [0.25, 0.3) is 0 Å². The van der Waals surface area contributed by atoms with Crippen molar-refractivity contribution in [3.63, 3.8) is 0 Å². The number of halogens is 1. The lowest BCUT2D eigenvalue weighted by Crippen LogP contribution is -2.35. The lowest BCUT2D eigenvalue weighted by atomic mass is 10.1. The number of rotatable bonds is 6. The van der Waals surface area contributed by atoms with Gasteiger partial charge in [-0.05, 0) is 26.8 Å². The monoisotopic (exact) mass is 287 g/mol. The molecule has 0 aromatic heterocycles. The van der Waals surface area contributed by atoms with Crippen LogP contribution in [-0.4, -0.2) is 31.0 Å². The highest BCUT2D eigenvalue weighted by molar-refractivity contribution is 6.30. The SMILES string of the molecule is COc1cc(Cl)cc(CNC(C)(C)C)c1OCCO. The third-order valence-corrected chi connectivity index (χ3v) is 2.68. The standard InChI is InChI=1S/C14H22ClNO3/c1-14(2,3)16-9-10-7-11(15)8-12(18-4)13(10)19-6-5-17/h7-8,16-17H,5-6,9H2,1-4H3. The number of benzene rings is 1. The zero-order valence-corrected chi connectivity index (χ0v) is 12.7. The molecule has 5 heteroatoms. The van der Waals surface area contributed by atoms with Crippen LogP contribution in [0.4, 0.5) is 0 Å². The summed E-state index contributed by atoms with van der Waals surface area (Å²) < 4.78 is 10.8. The highest BCUT2D eigenvalue weighted by Gasteiger charge is 2.15. The third-order valence-electron chi connectivity index (χ3n) is 2.46. The zero-order chi connectivity index (χ0) is 14.5. The van der Waals surface area contributed by atoms with Crippen LogP contribution in [0, 0.1) is 0 Å². The Labute approximate surface area is 119 Å². The van der Waals surface area contributed by atoms with Crippen LogP contribution in [0.3, 0.4) is 0 Å². The summed E-state index contributed by atoms with van der Waals surface area (Å²) in [5, 5.41) is 12.9. The number of aliphatic hydroxyl groups excluding tert-OH is 1. The molecule has 2 N–H and O–H groups in total. The van der Waals surface area contributed by atoms with E-state index in [0.717, 1.165) is 5.56 Å². The fraction of sp³-hybridized carbons (Fsp3) is 0.571. The molecule has 0 aliphatic rings. The first-order chi connectivity index (χ1) is 8.87. The van der Waals surface area contributed by atoms with E-state index in [1.807, 2.05) is 6.07 Å². The van der Waals surface area contributed by atoms with E-state index in [-0.39, 0.29) is 18.8 Å². The summed E-state index contributed by atoms with van der Waals surface area (Å²) in [6.07, 6.45) is 0. The second-order valence-corrected chi connectivity index (χ2v) is 5.71. The number of ether oxygens (including phenoxy) is 2. The predicted molar refractivity (Wildman–Crippen MR) is 77.2 cm³/mol.